The summed E-state index contributed by atoms with van der Waals surface area (Å²) < 4.78 is 23.2. The number of sulfone groups is 1. The van der Waals surface area contributed by atoms with Crippen LogP contribution < -0.4 is 10.6 Å². The van der Waals surface area contributed by atoms with Crippen LogP contribution in [0.1, 0.15) is 18.9 Å². The van der Waals surface area contributed by atoms with E-state index < -0.39 is 14.8 Å². The van der Waals surface area contributed by atoms with Crippen molar-refractivity contribution in [2.45, 2.75) is 25.9 Å². The maximum absolute atomic E-state index is 11.6. The highest BCUT2D eigenvalue weighted by atomic mass is 127. The molecule has 10 heteroatoms. The molecule has 0 spiro atoms. The number of non-ortho nitro benzene ring substituents is 1. The summed E-state index contributed by atoms with van der Waals surface area (Å²) in [6.07, 6.45) is 0.549. The van der Waals surface area contributed by atoms with E-state index >= 15 is 0 Å². The lowest BCUT2D eigenvalue weighted by Crippen LogP contribution is -2.44. The van der Waals surface area contributed by atoms with E-state index in [0.717, 1.165) is 11.1 Å². The van der Waals surface area contributed by atoms with Crippen molar-refractivity contribution in [3.8, 4) is 0 Å². The first kappa shape index (κ1) is 22.4. The van der Waals surface area contributed by atoms with E-state index in [0.29, 0.717) is 25.5 Å². The SMILES string of the molecule is C=C(C)CNC(=NCc1ccc([N+](=O)[O-])cc1)NC1CCS(=O)(=O)C1.I. The number of nitrogens with one attached hydrogen (secondary N) is 2. The average molecular weight is 494 g/mol. The smallest absolute Gasteiger partial charge is 0.269 e. The number of halogens is 1. The molecule has 0 aliphatic carbocycles. The summed E-state index contributed by atoms with van der Waals surface area (Å²) in [5.74, 6) is 0.780. The standard InChI is InChI=1S/C16H22N4O4S.HI/c1-12(2)9-17-16(19-14-7-8-25(23,24)11-14)18-10-13-3-5-15(6-4-13)20(21)22;/h3-6,14H,1,7-11H2,2H3,(H2,17,18,19);1H. The molecule has 0 radical (unpaired) electrons. The van der Waals surface area contributed by atoms with Gasteiger partial charge in [-0.2, -0.15) is 0 Å². The Kier molecular flexibility index (Phi) is 8.47. The molecule has 0 bridgehead atoms. The first-order valence-electron chi connectivity index (χ1n) is 7.88. The van der Waals surface area contributed by atoms with Gasteiger partial charge < -0.3 is 10.6 Å². The predicted molar refractivity (Wildman–Crippen MR) is 113 cm³/mol. The van der Waals surface area contributed by atoms with Gasteiger partial charge >= 0.3 is 0 Å². The summed E-state index contributed by atoms with van der Waals surface area (Å²) in [7, 11) is -2.98. The summed E-state index contributed by atoms with van der Waals surface area (Å²) in [5.41, 5.74) is 1.77. The minimum atomic E-state index is -2.98. The summed E-state index contributed by atoms with van der Waals surface area (Å²) in [6.45, 7) is 6.54. The molecule has 1 saturated heterocycles. The monoisotopic (exact) mass is 494 g/mol. The first-order chi connectivity index (χ1) is 11.7. The second-order valence-corrected chi connectivity index (χ2v) is 8.37. The summed E-state index contributed by atoms with van der Waals surface area (Å²) >= 11 is 0. The van der Waals surface area contributed by atoms with Crippen molar-refractivity contribution in [1.82, 2.24) is 10.6 Å². The van der Waals surface area contributed by atoms with Crippen molar-refractivity contribution in [2.24, 2.45) is 4.99 Å². The van der Waals surface area contributed by atoms with Crippen LogP contribution in [0.15, 0.2) is 41.4 Å². The van der Waals surface area contributed by atoms with Crippen LogP contribution in [0.5, 0.6) is 0 Å². The predicted octanol–water partition coefficient (Wildman–Crippen LogP) is 2.01. The van der Waals surface area contributed by atoms with Crippen LogP contribution in [0.2, 0.25) is 0 Å². The number of aliphatic imine (C=N–C) groups is 1. The first-order valence-corrected chi connectivity index (χ1v) is 9.70. The molecular formula is C16H23IN4O4S. The van der Waals surface area contributed by atoms with Gasteiger partial charge in [-0.25, -0.2) is 13.4 Å². The van der Waals surface area contributed by atoms with Crippen molar-refractivity contribution in [3.63, 3.8) is 0 Å². The van der Waals surface area contributed by atoms with E-state index in [9.17, 15) is 18.5 Å². The van der Waals surface area contributed by atoms with Crippen LogP contribution in [0.25, 0.3) is 0 Å². The molecule has 8 nitrogen and oxygen atoms in total. The van der Waals surface area contributed by atoms with Crippen molar-refractivity contribution in [3.05, 3.63) is 52.1 Å². The number of nitro groups is 1. The fourth-order valence-electron chi connectivity index (χ4n) is 2.38. The van der Waals surface area contributed by atoms with Gasteiger partial charge in [-0.3, -0.25) is 10.1 Å². The lowest BCUT2D eigenvalue weighted by atomic mass is 10.2. The minimum absolute atomic E-state index is 0. The van der Waals surface area contributed by atoms with Crippen molar-refractivity contribution >= 4 is 45.5 Å². The number of hydrogen-bond acceptors (Lipinski definition) is 5. The van der Waals surface area contributed by atoms with Crippen LogP contribution in [0, 0.1) is 10.1 Å². The molecule has 1 fully saturated rings. The molecular weight excluding hydrogens is 471 g/mol. The minimum Gasteiger partial charge on any atom is -0.353 e. The Morgan fingerprint density at radius 3 is 2.54 bits per heavy atom. The number of guanidine groups is 1. The van der Waals surface area contributed by atoms with Crippen LogP contribution >= 0.6 is 24.0 Å². The molecule has 0 saturated carbocycles. The Morgan fingerprint density at radius 2 is 2.04 bits per heavy atom. The van der Waals surface area contributed by atoms with Crippen LogP contribution in [0.3, 0.4) is 0 Å². The van der Waals surface area contributed by atoms with Gasteiger partial charge in [0.25, 0.3) is 5.69 Å². The maximum atomic E-state index is 11.6. The van der Waals surface area contributed by atoms with Crippen molar-refractivity contribution < 1.29 is 13.3 Å². The third kappa shape index (κ3) is 7.28. The number of rotatable bonds is 6. The number of hydrogen-bond donors (Lipinski definition) is 2. The zero-order chi connectivity index (χ0) is 18.4. The van der Waals surface area contributed by atoms with Crippen molar-refractivity contribution in [1.29, 1.82) is 0 Å². The van der Waals surface area contributed by atoms with Gasteiger partial charge in [0.05, 0.1) is 23.0 Å². The Balaban J connectivity index is 0.00000338. The summed E-state index contributed by atoms with van der Waals surface area (Å²) in [6, 6.07) is 6.00. The fourth-order valence-corrected chi connectivity index (χ4v) is 4.06. The molecule has 2 rings (SSSR count). The molecule has 1 aromatic rings. The zero-order valence-corrected chi connectivity index (χ0v) is 17.6. The number of benzene rings is 1. The van der Waals surface area contributed by atoms with Gasteiger partial charge in [-0.1, -0.05) is 24.3 Å². The topological polar surface area (TPSA) is 114 Å². The van der Waals surface area contributed by atoms with E-state index in [1.807, 2.05) is 6.92 Å². The molecule has 2 N–H and O–H groups in total. The van der Waals surface area contributed by atoms with Gasteiger partial charge in [0, 0.05) is 24.7 Å². The van der Waals surface area contributed by atoms with Gasteiger partial charge in [0.1, 0.15) is 0 Å². The molecule has 1 atom stereocenters. The Morgan fingerprint density at radius 1 is 1.38 bits per heavy atom. The molecule has 1 aliphatic heterocycles. The lowest BCUT2D eigenvalue weighted by Gasteiger charge is -2.16. The van der Waals surface area contributed by atoms with Crippen LogP contribution in [-0.4, -0.2) is 43.4 Å². The average Bonchev–Trinajstić information content (AvgIpc) is 2.89. The molecule has 0 aromatic heterocycles. The molecule has 26 heavy (non-hydrogen) atoms. The number of nitro benzene ring substituents is 1. The van der Waals surface area contributed by atoms with Gasteiger partial charge in [-0.05, 0) is 18.9 Å². The maximum Gasteiger partial charge on any atom is 0.269 e. The molecule has 144 valence electrons. The van der Waals surface area contributed by atoms with E-state index in [4.69, 9.17) is 0 Å². The second kappa shape index (κ2) is 9.86. The Labute approximate surface area is 170 Å². The fraction of sp³-hybridized carbons (Fsp3) is 0.438. The highest BCUT2D eigenvalue weighted by Gasteiger charge is 2.28. The Bertz CT molecular complexity index is 778. The van der Waals surface area contributed by atoms with E-state index in [2.05, 4.69) is 22.2 Å². The highest BCUT2D eigenvalue weighted by Crippen LogP contribution is 2.13. The van der Waals surface area contributed by atoms with E-state index in [1.165, 1.54) is 12.1 Å². The van der Waals surface area contributed by atoms with Crippen molar-refractivity contribution in [2.75, 3.05) is 18.1 Å². The van der Waals surface area contributed by atoms with Gasteiger partial charge in [0.15, 0.2) is 15.8 Å². The Hall–Kier alpha value is -1.69. The van der Waals surface area contributed by atoms with Gasteiger partial charge in [-0.15, -0.1) is 24.0 Å². The molecule has 0 amide bonds. The summed E-state index contributed by atoms with van der Waals surface area (Å²) in [4.78, 5) is 14.7. The third-order valence-corrected chi connectivity index (χ3v) is 5.47. The quantitative estimate of drug-likeness (QED) is 0.156. The largest absolute Gasteiger partial charge is 0.353 e. The number of nitrogens with zero attached hydrogens (tertiary/aromatic N) is 2. The molecule has 1 aromatic carbocycles. The molecule has 1 aliphatic rings. The third-order valence-electron chi connectivity index (χ3n) is 3.70. The van der Waals surface area contributed by atoms with Crippen LogP contribution in [-0.2, 0) is 16.4 Å². The lowest BCUT2D eigenvalue weighted by molar-refractivity contribution is -0.384. The summed E-state index contributed by atoms with van der Waals surface area (Å²) in [5, 5.41) is 16.9. The van der Waals surface area contributed by atoms with Gasteiger partial charge in [0.2, 0.25) is 0 Å². The van der Waals surface area contributed by atoms with E-state index in [-0.39, 0.29) is 47.2 Å². The highest BCUT2D eigenvalue weighted by molar-refractivity contribution is 14.0. The zero-order valence-electron chi connectivity index (χ0n) is 14.5. The van der Waals surface area contributed by atoms with Crippen LogP contribution in [0.4, 0.5) is 5.69 Å². The van der Waals surface area contributed by atoms with E-state index in [1.54, 1.807) is 12.1 Å². The molecule has 1 heterocycles. The normalized spacial score (nSPS) is 18.7. The second-order valence-electron chi connectivity index (χ2n) is 6.14. The molecule has 1 unspecified atom stereocenters.